The molecular formula is C18H25N7O3. The topological polar surface area (TPSA) is 124 Å². The van der Waals surface area contributed by atoms with Gasteiger partial charge in [-0.15, -0.1) is 10.2 Å². The molecule has 0 saturated heterocycles. The fraction of sp³-hybridized carbons (Fsp3) is 0.556. The van der Waals surface area contributed by atoms with E-state index in [1.165, 1.54) is 18.2 Å². The van der Waals surface area contributed by atoms with Crippen LogP contribution in [0.5, 0.6) is 0 Å². The third-order valence-corrected chi connectivity index (χ3v) is 5.07. The molecular weight excluding hydrogens is 362 g/mol. The highest BCUT2D eigenvalue weighted by atomic mass is 16.5. The Morgan fingerprint density at radius 2 is 2.11 bits per heavy atom. The molecule has 1 saturated carbocycles. The minimum absolute atomic E-state index is 0.236. The van der Waals surface area contributed by atoms with Crippen molar-refractivity contribution in [3.8, 4) is 0 Å². The summed E-state index contributed by atoms with van der Waals surface area (Å²) in [5.74, 6) is 0.195. The van der Waals surface area contributed by atoms with Crippen molar-refractivity contribution in [2.45, 2.75) is 45.1 Å². The van der Waals surface area contributed by atoms with Gasteiger partial charge in [0.15, 0.2) is 6.33 Å². The summed E-state index contributed by atoms with van der Waals surface area (Å²) in [6.45, 7) is 0.859. The van der Waals surface area contributed by atoms with Gasteiger partial charge in [0, 0.05) is 12.7 Å². The Labute approximate surface area is 163 Å². The number of hydrogen-bond donors (Lipinski definition) is 2. The van der Waals surface area contributed by atoms with Gasteiger partial charge in [0.25, 0.3) is 0 Å². The van der Waals surface area contributed by atoms with E-state index in [4.69, 9.17) is 4.74 Å². The standard InChI is InChI=1S/C18H25N7O3/c1-28-16(26)10-18(6-3-2-4-7-18)12-20-17(27)23-15-9-14(5-8-19-15)11-25-22-13-21-24-25/h5,8-9,13H,2-4,6-7,10-12H2,1H3,(H2,19,20,23,27). The number of amides is 2. The van der Waals surface area contributed by atoms with E-state index in [1.807, 2.05) is 6.07 Å². The van der Waals surface area contributed by atoms with Gasteiger partial charge in [-0.1, -0.05) is 19.3 Å². The molecule has 0 aromatic carbocycles. The number of aromatic nitrogens is 5. The second-order valence-corrected chi connectivity index (χ2v) is 7.14. The van der Waals surface area contributed by atoms with Crippen LogP contribution in [0, 0.1) is 5.41 Å². The number of nitrogens with one attached hydrogen (secondary N) is 2. The Bertz CT molecular complexity index is 788. The third-order valence-electron chi connectivity index (χ3n) is 5.07. The average molecular weight is 387 g/mol. The zero-order valence-electron chi connectivity index (χ0n) is 15.9. The van der Waals surface area contributed by atoms with Crippen LogP contribution in [0.3, 0.4) is 0 Å². The van der Waals surface area contributed by atoms with Crippen molar-refractivity contribution in [2.75, 3.05) is 19.0 Å². The van der Waals surface area contributed by atoms with Gasteiger partial charge in [-0.3, -0.25) is 10.1 Å². The second kappa shape index (κ2) is 9.25. The lowest BCUT2D eigenvalue weighted by Gasteiger charge is -2.36. The van der Waals surface area contributed by atoms with Crippen molar-refractivity contribution in [3.63, 3.8) is 0 Å². The molecule has 3 rings (SSSR count). The molecule has 2 aromatic rings. The lowest BCUT2D eigenvalue weighted by molar-refractivity contribution is -0.143. The minimum Gasteiger partial charge on any atom is -0.469 e. The summed E-state index contributed by atoms with van der Waals surface area (Å²) in [6, 6.07) is 3.23. The number of pyridine rings is 1. The lowest BCUT2D eigenvalue weighted by Crippen LogP contribution is -2.42. The number of methoxy groups -OCH3 is 1. The summed E-state index contributed by atoms with van der Waals surface area (Å²) in [4.78, 5) is 29.8. The average Bonchev–Trinajstić information content (AvgIpc) is 3.20. The van der Waals surface area contributed by atoms with E-state index >= 15 is 0 Å². The maximum absolute atomic E-state index is 12.4. The molecule has 2 aromatic heterocycles. The number of rotatable bonds is 7. The Kier molecular flexibility index (Phi) is 6.51. The van der Waals surface area contributed by atoms with E-state index in [0.717, 1.165) is 37.7 Å². The Hall–Kier alpha value is -3.04. The largest absolute Gasteiger partial charge is 0.469 e. The zero-order valence-corrected chi connectivity index (χ0v) is 15.9. The highest BCUT2D eigenvalue weighted by molar-refractivity contribution is 5.88. The Balaban J connectivity index is 1.56. The van der Waals surface area contributed by atoms with Crippen molar-refractivity contribution < 1.29 is 14.3 Å². The maximum Gasteiger partial charge on any atom is 0.320 e. The summed E-state index contributed by atoms with van der Waals surface area (Å²) in [7, 11) is 1.40. The van der Waals surface area contributed by atoms with Crippen LogP contribution >= 0.6 is 0 Å². The molecule has 150 valence electrons. The highest BCUT2D eigenvalue weighted by Crippen LogP contribution is 2.39. The first-order valence-corrected chi connectivity index (χ1v) is 9.36. The van der Waals surface area contributed by atoms with Crippen LogP contribution in [-0.4, -0.2) is 50.8 Å². The molecule has 2 N–H and O–H groups in total. The molecule has 0 unspecified atom stereocenters. The first kappa shape index (κ1) is 19.7. The predicted molar refractivity (Wildman–Crippen MR) is 100 cm³/mol. The van der Waals surface area contributed by atoms with Gasteiger partial charge in [-0.2, -0.15) is 4.80 Å². The minimum atomic E-state index is -0.349. The second-order valence-electron chi connectivity index (χ2n) is 7.14. The van der Waals surface area contributed by atoms with Crippen molar-refractivity contribution in [1.29, 1.82) is 0 Å². The number of urea groups is 1. The molecule has 0 radical (unpaired) electrons. The molecule has 1 fully saturated rings. The molecule has 2 amide bonds. The molecule has 10 heteroatoms. The van der Waals surface area contributed by atoms with E-state index in [9.17, 15) is 9.59 Å². The Morgan fingerprint density at radius 1 is 1.29 bits per heavy atom. The normalized spacial score (nSPS) is 15.6. The summed E-state index contributed by atoms with van der Waals surface area (Å²) in [6.07, 6.45) is 8.38. The summed E-state index contributed by atoms with van der Waals surface area (Å²) >= 11 is 0. The smallest absolute Gasteiger partial charge is 0.320 e. The van der Waals surface area contributed by atoms with Crippen LogP contribution in [0.2, 0.25) is 0 Å². The van der Waals surface area contributed by atoms with Gasteiger partial charge < -0.3 is 10.1 Å². The SMILES string of the molecule is COC(=O)CC1(CNC(=O)Nc2cc(Cn3ncnn3)ccn2)CCCCC1. The fourth-order valence-corrected chi connectivity index (χ4v) is 3.59. The first-order valence-electron chi connectivity index (χ1n) is 9.36. The number of nitrogens with zero attached hydrogens (tertiary/aromatic N) is 5. The molecule has 10 nitrogen and oxygen atoms in total. The van der Waals surface area contributed by atoms with E-state index in [1.54, 1.807) is 12.3 Å². The van der Waals surface area contributed by atoms with Gasteiger partial charge in [-0.25, -0.2) is 9.78 Å². The number of carbonyl (C=O) groups excluding carboxylic acids is 2. The van der Waals surface area contributed by atoms with Crippen LogP contribution in [0.15, 0.2) is 24.7 Å². The number of tetrazole rings is 1. The van der Waals surface area contributed by atoms with E-state index < -0.39 is 0 Å². The monoisotopic (exact) mass is 387 g/mol. The van der Waals surface area contributed by atoms with Gasteiger partial charge in [0.2, 0.25) is 0 Å². The van der Waals surface area contributed by atoms with Crippen LogP contribution in [0.25, 0.3) is 0 Å². The van der Waals surface area contributed by atoms with Crippen molar-refractivity contribution in [2.24, 2.45) is 5.41 Å². The summed E-state index contributed by atoms with van der Waals surface area (Å²) in [5, 5.41) is 17.1. The van der Waals surface area contributed by atoms with Crippen LogP contribution in [-0.2, 0) is 16.1 Å². The van der Waals surface area contributed by atoms with Gasteiger partial charge in [0.05, 0.1) is 20.1 Å². The van der Waals surface area contributed by atoms with E-state index in [0.29, 0.717) is 25.3 Å². The lowest BCUT2D eigenvalue weighted by atomic mass is 9.71. The van der Waals surface area contributed by atoms with Gasteiger partial charge in [0.1, 0.15) is 5.82 Å². The van der Waals surface area contributed by atoms with Gasteiger partial charge in [-0.05, 0) is 41.2 Å². The Morgan fingerprint density at radius 3 is 2.82 bits per heavy atom. The van der Waals surface area contributed by atoms with Crippen molar-refractivity contribution in [3.05, 3.63) is 30.2 Å². The quantitative estimate of drug-likeness (QED) is 0.694. The molecule has 0 bridgehead atoms. The number of ether oxygens (including phenoxy) is 1. The van der Waals surface area contributed by atoms with Gasteiger partial charge >= 0.3 is 12.0 Å². The molecule has 28 heavy (non-hydrogen) atoms. The number of anilines is 1. The third kappa shape index (κ3) is 5.48. The number of carbonyl (C=O) groups is 2. The molecule has 2 heterocycles. The molecule has 1 aliphatic rings. The number of esters is 1. The highest BCUT2D eigenvalue weighted by Gasteiger charge is 2.35. The zero-order chi connectivity index (χ0) is 19.8. The van der Waals surface area contributed by atoms with Crippen LogP contribution in [0.4, 0.5) is 10.6 Å². The first-order chi connectivity index (χ1) is 13.6. The summed E-state index contributed by atoms with van der Waals surface area (Å²) in [5.41, 5.74) is 0.647. The number of hydrogen-bond acceptors (Lipinski definition) is 7. The summed E-state index contributed by atoms with van der Waals surface area (Å²) < 4.78 is 4.84. The molecule has 0 atom stereocenters. The van der Waals surface area contributed by atoms with Crippen LogP contribution < -0.4 is 10.6 Å². The molecule has 1 aliphatic carbocycles. The van der Waals surface area contributed by atoms with Crippen LogP contribution in [0.1, 0.15) is 44.1 Å². The van der Waals surface area contributed by atoms with Crippen molar-refractivity contribution in [1.82, 2.24) is 30.5 Å². The van der Waals surface area contributed by atoms with E-state index in [-0.39, 0.29) is 17.4 Å². The maximum atomic E-state index is 12.4. The van der Waals surface area contributed by atoms with E-state index in [2.05, 4.69) is 31.0 Å². The molecule has 0 spiro atoms. The predicted octanol–water partition coefficient (Wildman–Crippen LogP) is 1.75. The van der Waals surface area contributed by atoms with Crippen molar-refractivity contribution >= 4 is 17.8 Å². The molecule has 0 aliphatic heterocycles. The fourth-order valence-electron chi connectivity index (χ4n) is 3.59.